The van der Waals surface area contributed by atoms with Gasteiger partial charge in [0.25, 0.3) is 0 Å². The molecule has 4 aliphatic carbocycles. The normalized spacial score (nSPS) is 34.5. The SMILES string of the molecule is CCNC(=NCC(C)(O)c1cnn(C)c1)NCC12CC3CC(CC(C3)C1)C2. The first kappa shape index (κ1) is 18.8. The van der Waals surface area contributed by atoms with E-state index in [9.17, 15) is 5.11 Å². The van der Waals surface area contributed by atoms with Crippen LogP contribution < -0.4 is 10.6 Å². The zero-order valence-corrected chi connectivity index (χ0v) is 17.0. The number of nitrogens with one attached hydrogen (secondary N) is 2. The zero-order valence-electron chi connectivity index (χ0n) is 17.0. The lowest BCUT2D eigenvalue weighted by Gasteiger charge is -2.57. The van der Waals surface area contributed by atoms with Crippen LogP contribution in [0.15, 0.2) is 17.4 Å². The summed E-state index contributed by atoms with van der Waals surface area (Å²) in [6.07, 6.45) is 12.1. The molecule has 0 radical (unpaired) electrons. The van der Waals surface area contributed by atoms with Crippen molar-refractivity contribution in [3.63, 3.8) is 0 Å². The molecule has 1 aromatic heterocycles. The highest BCUT2D eigenvalue weighted by atomic mass is 16.3. The second-order valence-electron chi connectivity index (χ2n) is 9.64. The maximum absolute atomic E-state index is 10.8. The van der Waals surface area contributed by atoms with Gasteiger partial charge in [-0.05, 0) is 75.5 Å². The van der Waals surface area contributed by atoms with Gasteiger partial charge in [0.15, 0.2) is 5.96 Å². The van der Waals surface area contributed by atoms with Gasteiger partial charge in [-0.2, -0.15) is 5.10 Å². The Morgan fingerprint density at radius 2 is 1.89 bits per heavy atom. The highest BCUT2D eigenvalue weighted by Gasteiger charge is 2.50. The van der Waals surface area contributed by atoms with Crippen molar-refractivity contribution in [1.29, 1.82) is 0 Å². The summed E-state index contributed by atoms with van der Waals surface area (Å²) in [4.78, 5) is 4.70. The largest absolute Gasteiger partial charge is 0.383 e. The third-order valence-electron chi connectivity index (χ3n) is 7.01. The van der Waals surface area contributed by atoms with E-state index in [0.29, 0.717) is 12.0 Å². The average molecular weight is 374 g/mol. The molecule has 27 heavy (non-hydrogen) atoms. The van der Waals surface area contributed by atoms with Gasteiger partial charge >= 0.3 is 0 Å². The Morgan fingerprint density at radius 3 is 2.41 bits per heavy atom. The standard InChI is InChI=1S/C21H35N5O/c1-4-22-19(23-13-20(2,27)18-11-25-26(3)12-18)24-14-21-8-15-5-16(9-21)7-17(6-15)10-21/h11-12,15-17,27H,4-10,13-14H2,1-3H3,(H2,22,23,24). The predicted molar refractivity (Wildman–Crippen MR) is 107 cm³/mol. The number of aliphatic hydroxyl groups is 1. The highest BCUT2D eigenvalue weighted by Crippen LogP contribution is 2.59. The lowest BCUT2D eigenvalue weighted by atomic mass is 9.49. The maximum Gasteiger partial charge on any atom is 0.191 e. The predicted octanol–water partition coefficient (Wildman–Crippen LogP) is 2.40. The van der Waals surface area contributed by atoms with Crippen molar-refractivity contribution in [3.05, 3.63) is 18.0 Å². The van der Waals surface area contributed by atoms with Crippen LogP contribution in [0.5, 0.6) is 0 Å². The lowest BCUT2D eigenvalue weighted by Crippen LogP contribution is -2.52. The molecule has 3 N–H and O–H groups in total. The van der Waals surface area contributed by atoms with E-state index < -0.39 is 5.60 Å². The van der Waals surface area contributed by atoms with E-state index in [1.807, 2.05) is 13.2 Å². The smallest absolute Gasteiger partial charge is 0.191 e. The molecule has 6 heteroatoms. The minimum absolute atomic E-state index is 0.314. The molecule has 4 bridgehead atoms. The first-order valence-corrected chi connectivity index (χ1v) is 10.6. The number of aliphatic imine (C=N–C) groups is 1. The van der Waals surface area contributed by atoms with E-state index in [1.54, 1.807) is 17.8 Å². The molecular formula is C21H35N5O. The molecular weight excluding hydrogens is 338 g/mol. The van der Waals surface area contributed by atoms with Gasteiger partial charge in [0, 0.05) is 31.9 Å². The monoisotopic (exact) mass is 373 g/mol. The molecule has 1 heterocycles. The molecule has 6 nitrogen and oxygen atoms in total. The lowest BCUT2D eigenvalue weighted by molar-refractivity contribution is -0.0492. The van der Waals surface area contributed by atoms with E-state index in [2.05, 4.69) is 22.7 Å². The third kappa shape index (κ3) is 4.00. The van der Waals surface area contributed by atoms with Gasteiger partial charge in [-0.3, -0.25) is 4.68 Å². The van der Waals surface area contributed by atoms with Crippen LogP contribution in [0.2, 0.25) is 0 Å². The zero-order chi connectivity index (χ0) is 19.1. The van der Waals surface area contributed by atoms with Crippen LogP contribution in [0.3, 0.4) is 0 Å². The summed E-state index contributed by atoms with van der Waals surface area (Å²) in [5, 5.41) is 21.9. The van der Waals surface area contributed by atoms with Crippen LogP contribution >= 0.6 is 0 Å². The maximum atomic E-state index is 10.8. The fourth-order valence-corrected chi connectivity index (χ4v) is 6.14. The number of hydrogen-bond donors (Lipinski definition) is 3. The second-order valence-corrected chi connectivity index (χ2v) is 9.64. The topological polar surface area (TPSA) is 74.5 Å². The number of nitrogens with zero attached hydrogens (tertiary/aromatic N) is 3. The average Bonchev–Trinajstić information content (AvgIpc) is 3.04. The molecule has 4 fully saturated rings. The minimum atomic E-state index is -1.02. The van der Waals surface area contributed by atoms with E-state index in [0.717, 1.165) is 42.4 Å². The van der Waals surface area contributed by atoms with Crippen LogP contribution in [0, 0.1) is 23.2 Å². The van der Waals surface area contributed by atoms with Crippen LogP contribution in [-0.2, 0) is 12.6 Å². The van der Waals surface area contributed by atoms with Gasteiger partial charge in [-0.1, -0.05) is 0 Å². The number of guanidine groups is 1. The molecule has 1 unspecified atom stereocenters. The Labute approximate surface area is 162 Å². The molecule has 150 valence electrons. The van der Waals surface area contributed by atoms with Crippen LogP contribution in [0.4, 0.5) is 0 Å². The molecule has 4 aliphatic rings. The van der Waals surface area contributed by atoms with Crippen molar-refractivity contribution in [3.8, 4) is 0 Å². The van der Waals surface area contributed by atoms with Gasteiger partial charge in [-0.25, -0.2) is 4.99 Å². The number of aromatic nitrogens is 2. The summed E-state index contributed by atoms with van der Waals surface area (Å²) in [5.74, 6) is 3.70. The van der Waals surface area contributed by atoms with Crippen LogP contribution in [0.1, 0.15) is 57.9 Å². The van der Waals surface area contributed by atoms with Gasteiger partial charge < -0.3 is 15.7 Å². The summed E-state index contributed by atoms with van der Waals surface area (Å²) < 4.78 is 1.71. The summed E-state index contributed by atoms with van der Waals surface area (Å²) in [7, 11) is 1.86. The third-order valence-corrected chi connectivity index (χ3v) is 7.01. The minimum Gasteiger partial charge on any atom is -0.383 e. The number of rotatable bonds is 6. The quantitative estimate of drug-likeness (QED) is 0.529. The first-order chi connectivity index (χ1) is 12.9. The summed E-state index contributed by atoms with van der Waals surface area (Å²) in [6, 6.07) is 0. The summed E-state index contributed by atoms with van der Waals surface area (Å²) in [5.41, 5.74) is 0.249. The molecule has 1 atom stereocenters. The van der Waals surface area contributed by atoms with E-state index in [4.69, 9.17) is 4.99 Å². The Bertz CT molecular complexity index is 657. The van der Waals surface area contributed by atoms with E-state index in [1.165, 1.54) is 38.5 Å². The van der Waals surface area contributed by atoms with Crippen molar-refractivity contribution in [2.45, 2.75) is 58.0 Å². The van der Waals surface area contributed by atoms with E-state index in [-0.39, 0.29) is 0 Å². The Kier molecular flexibility index (Phi) is 4.95. The molecule has 1 aromatic rings. The molecule has 0 aliphatic heterocycles. The van der Waals surface area contributed by atoms with Gasteiger partial charge in [0.1, 0.15) is 5.60 Å². The van der Waals surface area contributed by atoms with Crippen molar-refractivity contribution in [2.24, 2.45) is 35.2 Å². The second kappa shape index (κ2) is 7.12. The molecule has 0 saturated heterocycles. The fourth-order valence-electron chi connectivity index (χ4n) is 6.14. The van der Waals surface area contributed by atoms with Crippen molar-refractivity contribution < 1.29 is 5.11 Å². The number of aryl methyl sites for hydroxylation is 1. The van der Waals surface area contributed by atoms with Gasteiger partial charge in [0.05, 0.1) is 12.7 Å². The van der Waals surface area contributed by atoms with E-state index >= 15 is 0 Å². The Hall–Kier alpha value is -1.56. The fraction of sp³-hybridized carbons (Fsp3) is 0.810. The molecule has 0 amide bonds. The Morgan fingerprint density at radius 1 is 1.26 bits per heavy atom. The Balaban J connectivity index is 1.40. The van der Waals surface area contributed by atoms with Crippen molar-refractivity contribution in [1.82, 2.24) is 20.4 Å². The highest BCUT2D eigenvalue weighted by molar-refractivity contribution is 5.79. The summed E-state index contributed by atoms with van der Waals surface area (Å²) >= 11 is 0. The van der Waals surface area contributed by atoms with Crippen molar-refractivity contribution in [2.75, 3.05) is 19.6 Å². The van der Waals surface area contributed by atoms with Gasteiger partial charge in [-0.15, -0.1) is 0 Å². The van der Waals surface area contributed by atoms with Crippen LogP contribution in [-0.4, -0.2) is 40.5 Å². The molecule has 0 spiro atoms. The number of hydrogen-bond acceptors (Lipinski definition) is 3. The molecule has 0 aromatic carbocycles. The van der Waals surface area contributed by atoms with Crippen molar-refractivity contribution >= 4 is 5.96 Å². The molecule has 5 rings (SSSR count). The van der Waals surface area contributed by atoms with Crippen LogP contribution in [0.25, 0.3) is 0 Å². The summed E-state index contributed by atoms with van der Waals surface area (Å²) in [6.45, 7) is 6.03. The van der Waals surface area contributed by atoms with Gasteiger partial charge in [0.2, 0.25) is 0 Å². The molecule has 4 saturated carbocycles. The first-order valence-electron chi connectivity index (χ1n) is 10.6.